The molecule has 96 valence electrons. The van der Waals surface area contributed by atoms with Crippen molar-refractivity contribution < 1.29 is 4.39 Å². The van der Waals surface area contributed by atoms with E-state index in [2.05, 4.69) is 20.6 Å². The number of hydrogen-bond acceptors (Lipinski definition) is 1. The Hall–Kier alpha value is -2.04. The summed E-state index contributed by atoms with van der Waals surface area (Å²) in [7, 11) is 3.55. The Morgan fingerprint density at radius 3 is 3.00 bits per heavy atom. The number of hydrogen-bond donors (Lipinski definition) is 3. The van der Waals surface area contributed by atoms with Gasteiger partial charge < -0.3 is 15.6 Å². The highest BCUT2D eigenvalue weighted by Gasteiger charge is 2.04. The molecular weight excluding hydrogens is 231 g/mol. The molecule has 0 aliphatic heterocycles. The van der Waals surface area contributed by atoms with Crippen molar-refractivity contribution >= 4 is 16.9 Å². The number of nitrogens with zero attached hydrogens (tertiary/aromatic N) is 1. The molecule has 2 aromatic rings. The summed E-state index contributed by atoms with van der Waals surface area (Å²) in [5, 5.41) is 7.21. The van der Waals surface area contributed by atoms with E-state index in [1.807, 2.05) is 19.3 Å². The molecule has 0 radical (unpaired) electrons. The van der Waals surface area contributed by atoms with Crippen molar-refractivity contribution in [1.29, 1.82) is 0 Å². The number of rotatable bonds is 3. The molecule has 5 heteroatoms. The second-order valence-electron chi connectivity index (χ2n) is 4.00. The van der Waals surface area contributed by atoms with E-state index in [-0.39, 0.29) is 5.82 Å². The summed E-state index contributed by atoms with van der Waals surface area (Å²) < 4.78 is 13.0. The molecule has 1 aromatic heterocycles. The standard InChI is InChI=1S/C13H17FN4/c1-15-13(16-2)17-6-5-9-8-18-12-7-10(14)3-4-11(9)12/h3-4,7-8,18H,5-6H2,1-2H3,(H2,15,16,17). The Morgan fingerprint density at radius 2 is 2.28 bits per heavy atom. The zero-order valence-electron chi connectivity index (χ0n) is 10.5. The fourth-order valence-corrected chi connectivity index (χ4v) is 1.96. The molecule has 0 amide bonds. The lowest BCUT2D eigenvalue weighted by Gasteiger charge is -2.07. The Bertz CT molecular complexity index is 559. The number of aromatic nitrogens is 1. The Labute approximate surface area is 105 Å². The number of aromatic amines is 1. The van der Waals surface area contributed by atoms with Gasteiger partial charge in [0.2, 0.25) is 0 Å². The second-order valence-corrected chi connectivity index (χ2v) is 4.00. The first kappa shape index (κ1) is 12.4. The molecule has 0 unspecified atom stereocenters. The van der Waals surface area contributed by atoms with Crippen molar-refractivity contribution in [2.75, 3.05) is 20.6 Å². The third-order valence-electron chi connectivity index (χ3n) is 2.88. The highest BCUT2D eigenvalue weighted by molar-refractivity contribution is 5.83. The predicted molar refractivity (Wildman–Crippen MR) is 72.4 cm³/mol. The van der Waals surface area contributed by atoms with Crippen LogP contribution in [0.2, 0.25) is 0 Å². The molecule has 0 fully saturated rings. The molecule has 0 atom stereocenters. The summed E-state index contributed by atoms with van der Waals surface area (Å²) in [4.78, 5) is 7.12. The van der Waals surface area contributed by atoms with Crippen molar-refractivity contribution in [1.82, 2.24) is 15.6 Å². The van der Waals surface area contributed by atoms with E-state index < -0.39 is 0 Å². The van der Waals surface area contributed by atoms with Crippen molar-refractivity contribution in [3.63, 3.8) is 0 Å². The van der Waals surface area contributed by atoms with Crippen LogP contribution < -0.4 is 10.6 Å². The average Bonchev–Trinajstić information content (AvgIpc) is 2.77. The third-order valence-corrected chi connectivity index (χ3v) is 2.88. The van der Waals surface area contributed by atoms with Crippen LogP contribution in [0, 0.1) is 5.82 Å². The van der Waals surface area contributed by atoms with Crippen molar-refractivity contribution in [3.05, 3.63) is 35.8 Å². The second kappa shape index (κ2) is 5.53. The minimum atomic E-state index is -0.218. The lowest BCUT2D eigenvalue weighted by molar-refractivity contribution is 0.629. The van der Waals surface area contributed by atoms with E-state index in [4.69, 9.17) is 0 Å². The topological polar surface area (TPSA) is 52.2 Å². The van der Waals surface area contributed by atoms with Crippen LogP contribution in [-0.4, -0.2) is 31.6 Å². The first-order valence-electron chi connectivity index (χ1n) is 5.88. The van der Waals surface area contributed by atoms with Gasteiger partial charge in [-0.05, 0) is 30.2 Å². The van der Waals surface area contributed by atoms with Gasteiger partial charge in [0.25, 0.3) is 0 Å². The molecule has 0 saturated carbocycles. The molecule has 0 aliphatic rings. The highest BCUT2D eigenvalue weighted by Crippen LogP contribution is 2.19. The van der Waals surface area contributed by atoms with Crippen LogP contribution in [0.3, 0.4) is 0 Å². The van der Waals surface area contributed by atoms with Crippen LogP contribution in [0.4, 0.5) is 4.39 Å². The van der Waals surface area contributed by atoms with Gasteiger partial charge in [-0.1, -0.05) is 0 Å². The minimum Gasteiger partial charge on any atom is -0.361 e. The molecule has 0 saturated heterocycles. The lowest BCUT2D eigenvalue weighted by atomic mass is 10.1. The van der Waals surface area contributed by atoms with Crippen LogP contribution in [0.5, 0.6) is 0 Å². The largest absolute Gasteiger partial charge is 0.361 e. The molecule has 1 heterocycles. The summed E-state index contributed by atoms with van der Waals surface area (Å²) >= 11 is 0. The van der Waals surface area contributed by atoms with Gasteiger partial charge in [-0.15, -0.1) is 0 Å². The van der Waals surface area contributed by atoms with Crippen LogP contribution in [0.1, 0.15) is 5.56 Å². The molecule has 4 nitrogen and oxygen atoms in total. The quantitative estimate of drug-likeness (QED) is 0.571. The number of H-pyrrole nitrogens is 1. The smallest absolute Gasteiger partial charge is 0.190 e. The number of nitrogens with one attached hydrogen (secondary N) is 3. The fourth-order valence-electron chi connectivity index (χ4n) is 1.96. The van der Waals surface area contributed by atoms with Gasteiger partial charge in [0.1, 0.15) is 5.82 Å². The lowest BCUT2D eigenvalue weighted by Crippen LogP contribution is -2.35. The molecule has 2 rings (SSSR count). The van der Waals surface area contributed by atoms with Crippen molar-refractivity contribution in [2.24, 2.45) is 4.99 Å². The van der Waals surface area contributed by atoms with Crippen LogP contribution in [0.15, 0.2) is 29.4 Å². The van der Waals surface area contributed by atoms with E-state index >= 15 is 0 Å². The fraction of sp³-hybridized carbons (Fsp3) is 0.308. The van der Waals surface area contributed by atoms with Gasteiger partial charge in [0.05, 0.1) is 0 Å². The Morgan fingerprint density at radius 1 is 1.44 bits per heavy atom. The maximum Gasteiger partial charge on any atom is 0.190 e. The van der Waals surface area contributed by atoms with Gasteiger partial charge in [-0.2, -0.15) is 0 Å². The number of aliphatic imine (C=N–C) groups is 1. The summed E-state index contributed by atoms with van der Waals surface area (Å²) in [5.41, 5.74) is 2.01. The first-order chi connectivity index (χ1) is 8.74. The van der Waals surface area contributed by atoms with E-state index in [1.165, 1.54) is 17.7 Å². The van der Waals surface area contributed by atoms with E-state index in [0.29, 0.717) is 0 Å². The number of fused-ring (bicyclic) bond motifs is 1. The molecule has 0 spiro atoms. The molecule has 3 N–H and O–H groups in total. The summed E-state index contributed by atoms with van der Waals surface area (Å²) in [6.45, 7) is 0.776. The van der Waals surface area contributed by atoms with E-state index in [9.17, 15) is 4.39 Å². The molecule has 0 bridgehead atoms. The Kier molecular flexibility index (Phi) is 3.82. The number of halogens is 1. The van der Waals surface area contributed by atoms with E-state index in [0.717, 1.165) is 29.8 Å². The van der Waals surface area contributed by atoms with Gasteiger partial charge >= 0.3 is 0 Å². The molecular formula is C13H17FN4. The van der Waals surface area contributed by atoms with Gasteiger partial charge in [-0.25, -0.2) is 4.39 Å². The Balaban J connectivity index is 2.04. The minimum absolute atomic E-state index is 0.218. The molecule has 1 aromatic carbocycles. The normalized spacial score (nSPS) is 11.8. The van der Waals surface area contributed by atoms with Crippen molar-refractivity contribution in [3.8, 4) is 0 Å². The van der Waals surface area contributed by atoms with Crippen LogP contribution >= 0.6 is 0 Å². The molecule has 0 aliphatic carbocycles. The SMILES string of the molecule is CN=C(NC)NCCc1c[nH]c2cc(F)ccc12. The van der Waals surface area contributed by atoms with Crippen LogP contribution in [-0.2, 0) is 6.42 Å². The maximum absolute atomic E-state index is 13.0. The average molecular weight is 248 g/mol. The number of guanidine groups is 1. The summed E-state index contributed by atoms with van der Waals surface area (Å²) in [5.74, 6) is 0.547. The van der Waals surface area contributed by atoms with Crippen LogP contribution in [0.25, 0.3) is 10.9 Å². The molecule has 18 heavy (non-hydrogen) atoms. The van der Waals surface area contributed by atoms with Gasteiger partial charge in [0.15, 0.2) is 5.96 Å². The van der Waals surface area contributed by atoms with Gasteiger partial charge in [-0.3, -0.25) is 4.99 Å². The van der Waals surface area contributed by atoms with Crippen molar-refractivity contribution in [2.45, 2.75) is 6.42 Å². The number of benzene rings is 1. The highest BCUT2D eigenvalue weighted by atomic mass is 19.1. The van der Waals surface area contributed by atoms with E-state index in [1.54, 1.807) is 7.05 Å². The zero-order valence-corrected chi connectivity index (χ0v) is 10.5. The zero-order chi connectivity index (χ0) is 13.0. The summed E-state index contributed by atoms with van der Waals surface area (Å²) in [6, 6.07) is 4.81. The maximum atomic E-state index is 13.0. The first-order valence-corrected chi connectivity index (χ1v) is 5.88. The summed E-state index contributed by atoms with van der Waals surface area (Å²) in [6.07, 6.45) is 2.78. The predicted octanol–water partition coefficient (Wildman–Crippen LogP) is 1.64. The van der Waals surface area contributed by atoms with Gasteiger partial charge in [0, 0.05) is 37.7 Å². The third kappa shape index (κ3) is 2.61. The monoisotopic (exact) mass is 248 g/mol.